The lowest BCUT2D eigenvalue weighted by Gasteiger charge is -2.17. The molecule has 0 bridgehead atoms. The standard InChI is InChI=1S/C24H33Cl4NO4/c1-3-19-17-21(31-15-9-22(25)26)18-20(4-2)24(19)32-14-7-5-6-12-30-13-8-11-29-33-16-10-23(27)28/h9-11,17-18H,3-8,12-16H2,1-2H3. The van der Waals surface area contributed by atoms with Crippen molar-refractivity contribution in [1.82, 2.24) is 0 Å². The zero-order valence-electron chi connectivity index (χ0n) is 19.3. The third-order valence-corrected chi connectivity index (χ3v) is 5.11. The Hall–Kier alpha value is -1.11. The minimum Gasteiger partial charge on any atom is -0.493 e. The van der Waals surface area contributed by atoms with E-state index >= 15 is 0 Å². The summed E-state index contributed by atoms with van der Waals surface area (Å²) in [6.07, 6.45) is 10.2. The van der Waals surface area contributed by atoms with Crippen molar-refractivity contribution >= 4 is 52.6 Å². The SMILES string of the molecule is CCc1cc(OCC=C(Cl)Cl)cc(CC)c1OCCCCCOCCC=NOCC=C(Cl)Cl. The second kappa shape index (κ2) is 19.2. The third kappa shape index (κ3) is 14.7. The van der Waals surface area contributed by atoms with Crippen LogP contribution >= 0.6 is 46.4 Å². The van der Waals surface area contributed by atoms with E-state index in [0.717, 1.165) is 54.7 Å². The molecule has 0 spiro atoms. The fourth-order valence-electron chi connectivity index (χ4n) is 2.86. The molecular weight excluding hydrogens is 508 g/mol. The van der Waals surface area contributed by atoms with Crippen molar-refractivity contribution in [3.63, 3.8) is 0 Å². The molecule has 0 aliphatic rings. The summed E-state index contributed by atoms with van der Waals surface area (Å²) in [4.78, 5) is 4.95. The van der Waals surface area contributed by atoms with Gasteiger partial charge in [-0.25, -0.2) is 0 Å². The summed E-state index contributed by atoms with van der Waals surface area (Å²) in [6, 6.07) is 4.05. The summed E-state index contributed by atoms with van der Waals surface area (Å²) < 4.78 is 17.9. The van der Waals surface area contributed by atoms with Gasteiger partial charge in [-0.05, 0) is 67.5 Å². The average Bonchev–Trinajstić information content (AvgIpc) is 2.78. The van der Waals surface area contributed by atoms with Gasteiger partial charge in [-0.3, -0.25) is 0 Å². The first-order valence-corrected chi connectivity index (χ1v) is 12.6. The van der Waals surface area contributed by atoms with Crippen molar-refractivity contribution in [2.75, 3.05) is 33.0 Å². The number of benzene rings is 1. The van der Waals surface area contributed by atoms with Crippen molar-refractivity contribution in [1.29, 1.82) is 0 Å². The summed E-state index contributed by atoms with van der Waals surface area (Å²) in [5, 5.41) is 3.78. The molecule has 0 saturated carbocycles. The van der Waals surface area contributed by atoms with Gasteiger partial charge in [-0.2, -0.15) is 0 Å². The van der Waals surface area contributed by atoms with E-state index in [-0.39, 0.29) is 15.6 Å². The van der Waals surface area contributed by atoms with Gasteiger partial charge in [0, 0.05) is 19.2 Å². The Labute approximate surface area is 217 Å². The number of unbranched alkanes of at least 4 members (excludes halogenated alkanes) is 2. The molecule has 186 valence electrons. The van der Waals surface area contributed by atoms with Crippen LogP contribution in [0.15, 0.2) is 38.4 Å². The molecule has 0 aliphatic heterocycles. The number of hydrogen-bond donors (Lipinski definition) is 0. The Morgan fingerprint density at radius 1 is 0.818 bits per heavy atom. The van der Waals surface area contributed by atoms with Crippen molar-refractivity contribution in [2.45, 2.75) is 52.4 Å². The highest BCUT2D eigenvalue weighted by Gasteiger charge is 2.11. The minimum absolute atomic E-state index is 0.167. The lowest BCUT2D eigenvalue weighted by Crippen LogP contribution is -2.05. The maximum atomic E-state index is 6.15. The average molecular weight is 541 g/mol. The largest absolute Gasteiger partial charge is 0.493 e. The molecule has 0 fully saturated rings. The van der Waals surface area contributed by atoms with Crippen LogP contribution in [0.3, 0.4) is 0 Å². The molecule has 5 nitrogen and oxygen atoms in total. The molecule has 0 radical (unpaired) electrons. The van der Waals surface area contributed by atoms with Gasteiger partial charge in [-0.15, -0.1) is 0 Å². The fourth-order valence-corrected chi connectivity index (χ4v) is 3.11. The lowest BCUT2D eigenvalue weighted by atomic mass is 10.0. The molecule has 0 heterocycles. The highest BCUT2D eigenvalue weighted by Crippen LogP contribution is 2.31. The molecule has 0 aromatic heterocycles. The first-order valence-electron chi connectivity index (χ1n) is 11.1. The summed E-state index contributed by atoms with van der Waals surface area (Å²) in [5.74, 6) is 1.77. The number of halogens is 4. The van der Waals surface area contributed by atoms with Crippen molar-refractivity contribution in [2.24, 2.45) is 5.16 Å². The number of oxime groups is 1. The number of aryl methyl sites for hydroxylation is 2. The Bertz CT molecular complexity index is 736. The van der Waals surface area contributed by atoms with Crippen LogP contribution in [-0.2, 0) is 22.4 Å². The Kier molecular flexibility index (Phi) is 17.4. The minimum atomic E-state index is 0.167. The maximum absolute atomic E-state index is 6.15. The second-order valence-corrected chi connectivity index (χ2v) is 8.99. The topological polar surface area (TPSA) is 49.3 Å². The molecule has 0 N–H and O–H groups in total. The summed E-state index contributed by atoms with van der Waals surface area (Å²) in [6.45, 7) is 6.81. The van der Waals surface area contributed by atoms with Crippen molar-refractivity contribution in [3.8, 4) is 11.5 Å². The predicted molar refractivity (Wildman–Crippen MR) is 139 cm³/mol. The predicted octanol–water partition coefficient (Wildman–Crippen LogP) is 7.79. The first-order chi connectivity index (χ1) is 16.0. The molecule has 1 rings (SSSR count). The number of ether oxygens (including phenoxy) is 3. The zero-order valence-corrected chi connectivity index (χ0v) is 22.3. The van der Waals surface area contributed by atoms with Crippen LogP contribution in [-0.4, -0.2) is 39.2 Å². The van der Waals surface area contributed by atoms with E-state index in [2.05, 4.69) is 19.0 Å². The van der Waals surface area contributed by atoms with E-state index in [1.165, 1.54) is 6.08 Å². The van der Waals surface area contributed by atoms with Gasteiger partial charge in [-0.1, -0.05) is 65.4 Å². The quantitative estimate of drug-likeness (QED) is 0.108. The summed E-state index contributed by atoms with van der Waals surface area (Å²) in [5.41, 5.74) is 2.28. The van der Waals surface area contributed by atoms with Crippen LogP contribution in [0.2, 0.25) is 0 Å². The molecule has 0 amide bonds. The smallest absolute Gasteiger partial charge is 0.138 e. The number of nitrogens with zero attached hydrogens (tertiary/aromatic N) is 1. The molecule has 1 aromatic carbocycles. The van der Waals surface area contributed by atoms with Gasteiger partial charge in [0.05, 0.1) is 13.2 Å². The third-order valence-electron chi connectivity index (χ3n) is 4.50. The van der Waals surface area contributed by atoms with Gasteiger partial charge in [0.2, 0.25) is 0 Å². The summed E-state index contributed by atoms with van der Waals surface area (Å²) in [7, 11) is 0. The van der Waals surface area contributed by atoms with Gasteiger partial charge in [0.1, 0.15) is 33.7 Å². The van der Waals surface area contributed by atoms with Crippen LogP contribution in [0.4, 0.5) is 0 Å². The van der Waals surface area contributed by atoms with Crippen LogP contribution in [0, 0.1) is 0 Å². The summed E-state index contributed by atoms with van der Waals surface area (Å²) >= 11 is 22.2. The molecule has 1 aromatic rings. The van der Waals surface area contributed by atoms with Gasteiger partial charge < -0.3 is 19.0 Å². The molecule has 0 atom stereocenters. The van der Waals surface area contributed by atoms with Gasteiger partial charge in [0.15, 0.2) is 0 Å². The highest BCUT2D eigenvalue weighted by molar-refractivity contribution is 6.56. The molecule has 33 heavy (non-hydrogen) atoms. The first kappa shape index (κ1) is 29.9. The van der Waals surface area contributed by atoms with Crippen molar-refractivity contribution < 1.29 is 19.0 Å². The van der Waals surface area contributed by atoms with Gasteiger partial charge in [0.25, 0.3) is 0 Å². The fraction of sp³-hybridized carbons (Fsp3) is 0.542. The zero-order chi connectivity index (χ0) is 24.3. The van der Waals surface area contributed by atoms with E-state index in [4.69, 9.17) is 65.5 Å². The Morgan fingerprint density at radius 3 is 2.09 bits per heavy atom. The second-order valence-electron chi connectivity index (χ2n) is 6.97. The lowest BCUT2D eigenvalue weighted by molar-refractivity contribution is 0.134. The van der Waals surface area contributed by atoms with Gasteiger partial charge >= 0.3 is 0 Å². The van der Waals surface area contributed by atoms with Crippen LogP contribution in [0.1, 0.15) is 50.7 Å². The molecule has 9 heteroatoms. The number of rotatable bonds is 18. The molecular formula is C24H33Cl4NO4. The highest BCUT2D eigenvalue weighted by atomic mass is 35.5. The van der Waals surface area contributed by atoms with Crippen LogP contribution < -0.4 is 9.47 Å². The van der Waals surface area contributed by atoms with Crippen LogP contribution in [0.25, 0.3) is 0 Å². The monoisotopic (exact) mass is 539 g/mol. The van der Waals surface area contributed by atoms with E-state index in [1.807, 2.05) is 12.1 Å². The van der Waals surface area contributed by atoms with E-state index in [9.17, 15) is 0 Å². The van der Waals surface area contributed by atoms with Crippen molar-refractivity contribution in [3.05, 3.63) is 44.4 Å². The Morgan fingerprint density at radius 2 is 1.45 bits per heavy atom. The normalized spacial score (nSPS) is 10.8. The maximum Gasteiger partial charge on any atom is 0.138 e. The van der Waals surface area contributed by atoms with Crippen LogP contribution in [0.5, 0.6) is 11.5 Å². The number of hydrogen-bond acceptors (Lipinski definition) is 5. The molecule has 0 aliphatic carbocycles. The van der Waals surface area contributed by atoms with E-state index in [1.54, 1.807) is 12.3 Å². The van der Waals surface area contributed by atoms with E-state index < -0.39 is 0 Å². The molecule has 0 saturated heterocycles. The molecule has 0 unspecified atom stereocenters. The Balaban J connectivity index is 2.26. The van der Waals surface area contributed by atoms with E-state index in [0.29, 0.717) is 32.8 Å².